The number of hydrogen-bond acceptors (Lipinski definition) is 6. The van der Waals surface area contributed by atoms with Crippen LogP contribution in [0.5, 0.6) is 0 Å². The minimum absolute atomic E-state index is 0.266. The molecule has 1 aromatic rings. The predicted octanol–water partition coefficient (Wildman–Crippen LogP) is 3.39. The molecule has 28 heavy (non-hydrogen) atoms. The number of methoxy groups -OCH3 is 1. The van der Waals surface area contributed by atoms with Crippen LogP contribution in [0, 0.1) is 0 Å². The first kappa shape index (κ1) is 20.1. The molecule has 0 N–H and O–H groups in total. The summed E-state index contributed by atoms with van der Waals surface area (Å²) >= 11 is 6.27. The van der Waals surface area contributed by atoms with E-state index in [9.17, 15) is 14.4 Å². The van der Waals surface area contributed by atoms with Gasteiger partial charge in [0.1, 0.15) is 0 Å². The number of halogens is 1. The molecule has 0 spiro atoms. The highest BCUT2D eigenvalue weighted by Crippen LogP contribution is 2.36. The number of hydrogen-bond donors (Lipinski definition) is 0. The van der Waals surface area contributed by atoms with Crippen molar-refractivity contribution in [1.29, 1.82) is 0 Å². The number of rotatable bonds is 5. The molecule has 1 aromatic carbocycles. The fourth-order valence-corrected chi connectivity index (χ4v) is 3.57. The van der Waals surface area contributed by atoms with Crippen LogP contribution in [0.1, 0.15) is 45.1 Å². The number of ether oxygens (including phenoxy) is 1. The lowest BCUT2D eigenvalue weighted by Crippen LogP contribution is -2.31. The Labute approximate surface area is 167 Å². The Morgan fingerprint density at radius 2 is 1.79 bits per heavy atom. The first-order chi connectivity index (χ1) is 13.3. The maximum Gasteiger partial charge on any atom is 0.349 e. The zero-order valence-electron chi connectivity index (χ0n) is 16.0. The molecule has 0 aromatic heterocycles. The van der Waals surface area contributed by atoms with Gasteiger partial charge in [0.05, 0.1) is 18.5 Å². The molecule has 1 aliphatic carbocycles. The van der Waals surface area contributed by atoms with E-state index < -0.39 is 12.1 Å². The summed E-state index contributed by atoms with van der Waals surface area (Å²) in [7, 11) is 1.26. The number of carbonyl (C=O) groups excluding carboxylic acids is 3. The van der Waals surface area contributed by atoms with Crippen LogP contribution in [0.3, 0.4) is 0 Å². The Bertz CT molecular complexity index is 878. The van der Waals surface area contributed by atoms with Crippen molar-refractivity contribution in [3.8, 4) is 0 Å². The highest BCUT2D eigenvalue weighted by Gasteiger charge is 2.39. The van der Waals surface area contributed by atoms with Crippen molar-refractivity contribution in [3.63, 3.8) is 0 Å². The van der Waals surface area contributed by atoms with Gasteiger partial charge in [-0.1, -0.05) is 16.8 Å². The van der Waals surface area contributed by atoms with Crippen molar-refractivity contribution < 1.29 is 24.0 Å². The van der Waals surface area contributed by atoms with E-state index >= 15 is 0 Å². The van der Waals surface area contributed by atoms with Gasteiger partial charge in [0.25, 0.3) is 11.8 Å². The summed E-state index contributed by atoms with van der Waals surface area (Å²) in [4.78, 5) is 43.3. The molecule has 2 amide bonds. The van der Waals surface area contributed by atoms with Gasteiger partial charge in [-0.15, -0.1) is 0 Å². The summed E-state index contributed by atoms with van der Waals surface area (Å²) < 4.78 is 4.58. The second kappa shape index (κ2) is 8.14. The number of carbonyl (C=O) groups is 3. The monoisotopic (exact) mass is 404 g/mol. The van der Waals surface area contributed by atoms with Crippen LogP contribution in [-0.2, 0) is 24.0 Å². The average molecular weight is 405 g/mol. The summed E-state index contributed by atoms with van der Waals surface area (Å²) in [6.45, 7) is 3.17. The van der Waals surface area contributed by atoms with Crippen LogP contribution in [0.4, 0.5) is 5.69 Å². The largest absolute Gasteiger partial charge is 0.466 e. The first-order valence-corrected chi connectivity index (χ1v) is 9.42. The van der Waals surface area contributed by atoms with Crippen molar-refractivity contribution >= 4 is 40.8 Å². The second-order valence-corrected chi connectivity index (χ2v) is 7.13. The van der Waals surface area contributed by atoms with Crippen molar-refractivity contribution in [3.05, 3.63) is 39.9 Å². The van der Waals surface area contributed by atoms with E-state index in [-0.39, 0.29) is 11.8 Å². The lowest BCUT2D eigenvalue weighted by atomic mass is 9.93. The van der Waals surface area contributed by atoms with Gasteiger partial charge in [0, 0.05) is 21.7 Å². The van der Waals surface area contributed by atoms with Crippen molar-refractivity contribution in [2.24, 2.45) is 5.16 Å². The lowest BCUT2D eigenvalue weighted by molar-refractivity contribution is -0.152. The van der Waals surface area contributed by atoms with Crippen molar-refractivity contribution in [1.82, 2.24) is 0 Å². The number of anilines is 1. The summed E-state index contributed by atoms with van der Waals surface area (Å²) in [5.74, 6) is -1.09. The molecule has 8 heteroatoms. The number of amides is 2. The molecule has 1 heterocycles. The van der Waals surface area contributed by atoms with Crippen LogP contribution in [-0.4, -0.2) is 36.7 Å². The van der Waals surface area contributed by atoms with E-state index in [4.69, 9.17) is 16.4 Å². The summed E-state index contributed by atoms with van der Waals surface area (Å²) in [6.07, 6.45) is 2.23. The normalized spacial score (nSPS) is 18.3. The third-order valence-electron chi connectivity index (χ3n) is 4.87. The fourth-order valence-electron chi connectivity index (χ4n) is 3.32. The van der Waals surface area contributed by atoms with E-state index in [1.165, 1.54) is 18.9 Å². The van der Waals surface area contributed by atoms with Gasteiger partial charge in [0.15, 0.2) is 0 Å². The predicted molar refractivity (Wildman–Crippen MR) is 104 cm³/mol. The molecule has 0 fully saturated rings. The van der Waals surface area contributed by atoms with E-state index in [1.54, 1.807) is 25.1 Å². The maximum absolute atomic E-state index is 12.7. The maximum atomic E-state index is 12.7. The third-order valence-corrected chi connectivity index (χ3v) is 5.20. The van der Waals surface area contributed by atoms with Crippen LogP contribution in [0.2, 0.25) is 5.02 Å². The van der Waals surface area contributed by atoms with Crippen molar-refractivity contribution in [2.45, 2.75) is 45.6 Å². The molecule has 3 rings (SSSR count). The van der Waals surface area contributed by atoms with Crippen LogP contribution < -0.4 is 4.90 Å². The van der Waals surface area contributed by atoms with Gasteiger partial charge in [-0.25, -0.2) is 9.69 Å². The van der Waals surface area contributed by atoms with Crippen LogP contribution in [0.15, 0.2) is 34.5 Å². The highest BCUT2D eigenvalue weighted by molar-refractivity contribution is 6.35. The summed E-state index contributed by atoms with van der Waals surface area (Å²) in [5.41, 5.74) is 2.57. The Hall–Kier alpha value is -2.67. The van der Waals surface area contributed by atoms with Crippen molar-refractivity contribution in [2.75, 3.05) is 12.0 Å². The number of imide groups is 1. The molecule has 1 atom stereocenters. The Kier molecular flexibility index (Phi) is 5.84. The smallest absolute Gasteiger partial charge is 0.349 e. The molecule has 0 radical (unpaired) electrons. The Balaban J connectivity index is 1.87. The van der Waals surface area contributed by atoms with Crippen LogP contribution >= 0.6 is 11.6 Å². The fraction of sp³-hybridized carbons (Fsp3) is 0.400. The number of benzene rings is 1. The van der Waals surface area contributed by atoms with Gasteiger partial charge in [-0.05, 0) is 57.7 Å². The minimum Gasteiger partial charge on any atom is -0.466 e. The first-order valence-electron chi connectivity index (χ1n) is 9.04. The zero-order chi connectivity index (χ0) is 20.4. The third kappa shape index (κ3) is 3.67. The summed E-state index contributed by atoms with van der Waals surface area (Å²) in [5, 5.41) is 4.32. The molecule has 148 valence electrons. The molecule has 0 saturated carbocycles. The second-order valence-electron chi connectivity index (χ2n) is 6.72. The van der Waals surface area contributed by atoms with Crippen LogP contribution in [0.25, 0.3) is 0 Å². The Morgan fingerprint density at radius 3 is 2.36 bits per heavy atom. The molecule has 0 saturated heterocycles. The van der Waals surface area contributed by atoms with Gasteiger partial charge in [-0.3, -0.25) is 9.59 Å². The average Bonchev–Trinajstić information content (AvgIpc) is 2.96. The van der Waals surface area contributed by atoms with Gasteiger partial charge in [-0.2, -0.15) is 0 Å². The molecular formula is C20H21ClN2O5. The van der Waals surface area contributed by atoms with Gasteiger partial charge < -0.3 is 9.57 Å². The molecule has 1 aliphatic heterocycles. The van der Waals surface area contributed by atoms with E-state index in [0.717, 1.165) is 12.8 Å². The minimum atomic E-state index is -0.875. The number of esters is 1. The number of oxime groups is 1. The SMILES string of the molecule is COC(=O)C(C)O/N=C(\C)c1cc(N2C(=O)C3=C(CCCC3)C2=O)ccc1Cl. The van der Waals surface area contributed by atoms with E-state index in [1.807, 2.05) is 0 Å². The molecule has 0 bridgehead atoms. The standard InChI is InChI=1S/C20H21ClN2O5/c1-11(22-28-12(2)20(26)27-3)16-10-13(8-9-17(16)21)23-18(24)14-6-4-5-7-15(14)19(23)25/h8-10,12H,4-7H2,1-3H3/b22-11+. The quantitative estimate of drug-likeness (QED) is 0.325. The molecule has 2 aliphatic rings. The van der Waals surface area contributed by atoms with Gasteiger partial charge >= 0.3 is 5.97 Å². The lowest BCUT2D eigenvalue weighted by Gasteiger charge is -2.17. The zero-order valence-corrected chi connectivity index (χ0v) is 16.7. The topological polar surface area (TPSA) is 85.3 Å². The number of nitrogens with zero attached hydrogens (tertiary/aromatic N) is 2. The van der Waals surface area contributed by atoms with Gasteiger partial charge in [0.2, 0.25) is 6.10 Å². The highest BCUT2D eigenvalue weighted by atomic mass is 35.5. The Morgan fingerprint density at radius 1 is 1.18 bits per heavy atom. The van der Waals surface area contributed by atoms with E-state index in [2.05, 4.69) is 9.89 Å². The molecule has 7 nitrogen and oxygen atoms in total. The molecular weight excluding hydrogens is 384 g/mol. The molecule has 1 unspecified atom stereocenters. The van der Waals surface area contributed by atoms with E-state index in [0.29, 0.717) is 46.0 Å². The summed E-state index contributed by atoms with van der Waals surface area (Å²) in [6, 6.07) is 4.86.